The first-order chi connectivity index (χ1) is 7.68. The van der Waals surface area contributed by atoms with E-state index in [9.17, 15) is 4.79 Å². The van der Waals surface area contributed by atoms with Crippen molar-refractivity contribution in [3.8, 4) is 0 Å². The molecule has 2 aromatic rings. The number of nitrogens with one attached hydrogen (secondary N) is 2. The molecule has 16 heavy (non-hydrogen) atoms. The highest BCUT2D eigenvalue weighted by Gasteiger charge is 2.10. The van der Waals surface area contributed by atoms with Gasteiger partial charge in [0, 0.05) is 12.7 Å². The predicted octanol–water partition coefficient (Wildman–Crippen LogP) is 0.382. The highest BCUT2D eigenvalue weighted by Crippen LogP contribution is 2.05. The van der Waals surface area contributed by atoms with Gasteiger partial charge in [-0.25, -0.2) is 4.98 Å². The van der Waals surface area contributed by atoms with E-state index in [4.69, 9.17) is 0 Å². The number of carbonyl (C=O) groups excluding carboxylic acids is 1. The first-order valence-electron chi connectivity index (χ1n) is 4.93. The lowest BCUT2D eigenvalue weighted by molar-refractivity contribution is 0.0941. The van der Waals surface area contributed by atoms with Gasteiger partial charge in [-0.15, -0.1) is 0 Å². The summed E-state index contributed by atoms with van der Waals surface area (Å²) in [7, 11) is 1.86. The van der Waals surface area contributed by atoms with Crippen LogP contribution in [-0.2, 0) is 13.6 Å². The Morgan fingerprint density at radius 3 is 2.94 bits per heavy atom. The second-order valence-electron chi connectivity index (χ2n) is 3.53. The van der Waals surface area contributed by atoms with Gasteiger partial charge in [-0.2, -0.15) is 5.10 Å². The van der Waals surface area contributed by atoms with E-state index in [2.05, 4.69) is 20.5 Å². The fourth-order valence-corrected chi connectivity index (χ4v) is 1.41. The summed E-state index contributed by atoms with van der Waals surface area (Å²) in [5, 5.41) is 9.15. The van der Waals surface area contributed by atoms with Gasteiger partial charge in [0.15, 0.2) is 0 Å². The second-order valence-corrected chi connectivity index (χ2v) is 3.53. The molecule has 0 aliphatic carbocycles. The van der Waals surface area contributed by atoms with Crippen LogP contribution in [-0.4, -0.2) is 25.7 Å². The monoisotopic (exact) mass is 219 g/mol. The third kappa shape index (κ3) is 1.95. The molecule has 0 radical (unpaired) electrons. The van der Waals surface area contributed by atoms with Gasteiger partial charge in [-0.05, 0) is 19.1 Å². The lowest BCUT2D eigenvalue weighted by Gasteiger charge is -2.05. The normalized spacial score (nSPS) is 10.4. The average Bonchev–Trinajstić information content (AvgIpc) is 2.88. The second kappa shape index (κ2) is 4.18. The van der Waals surface area contributed by atoms with Crippen molar-refractivity contribution in [3.63, 3.8) is 0 Å². The quantitative estimate of drug-likeness (QED) is 0.783. The summed E-state index contributed by atoms with van der Waals surface area (Å²) in [5.74, 6) is 0.520. The zero-order valence-corrected chi connectivity index (χ0v) is 9.19. The van der Waals surface area contributed by atoms with Crippen LogP contribution >= 0.6 is 0 Å². The maximum Gasteiger partial charge on any atom is 0.268 e. The number of aromatic amines is 1. The molecule has 6 nitrogen and oxygen atoms in total. The molecule has 0 unspecified atom stereocenters. The average molecular weight is 219 g/mol. The number of aromatic nitrogens is 4. The Kier molecular flexibility index (Phi) is 2.72. The molecule has 0 spiro atoms. The largest absolute Gasteiger partial charge is 0.344 e. The van der Waals surface area contributed by atoms with Crippen molar-refractivity contribution in [2.24, 2.45) is 7.05 Å². The van der Waals surface area contributed by atoms with E-state index in [1.807, 2.05) is 24.6 Å². The molecule has 84 valence electrons. The van der Waals surface area contributed by atoms with Gasteiger partial charge >= 0.3 is 0 Å². The van der Waals surface area contributed by atoms with Crippen LogP contribution in [0, 0.1) is 6.92 Å². The molecule has 0 aliphatic rings. The number of rotatable bonds is 3. The van der Waals surface area contributed by atoms with Crippen molar-refractivity contribution >= 4 is 5.91 Å². The molecule has 2 heterocycles. The van der Waals surface area contributed by atoms with Gasteiger partial charge in [-0.3, -0.25) is 9.89 Å². The minimum Gasteiger partial charge on any atom is -0.344 e. The fraction of sp³-hybridized carbons (Fsp3) is 0.300. The van der Waals surface area contributed by atoms with Gasteiger partial charge in [0.2, 0.25) is 0 Å². The van der Waals surface area contributed by atoms with Crippen molar-refractivity contribution in [2.45, 2.75) is 13.5 Å². The molecular formula is C10H13N5O. The number of aryl methyl sites for hydroxylation is 1. The molecule has 0 fully saturated rings. The Morgan fingerprint density at radius 2 is 2.38 bits per heavy atom. The molecule has 0 aliphatic heterocycles. The summed E-state index contributed by atoms with van der Waals surface area (Å²) in [6.07, 6.45) is 1.41. The first-order valence-corrected chi connectivity index (χ1v) is 4.93. The molecule has 1 amide bonds. The smallest absolute Gasteiger partial charge is 0.268 e. The van der Waals surface area contributed by atoms with Gasteiger partial charge in [-0.1, -0.05) is 0 Å². The maximum atomic E-state index is 11.8. The van der Waals surface area contributed by atoms with Crippen LogP contribution in [0.5, 0.6) is 0 Å². The highest BCUT2D eigenvalue weighted by molar-refractivity contribution is 5.92. The van der Waals surface area contributed by atoms with Crippen LogP contribution in [0.3, 0.4) is 0 Å². The number of carbonyl (C=O) groups is 1. The van der Waals surface area contributed by atoms with E-state index in [1.165, 1.54) is 6.33 Å². The Hall–Kier alpha value is -2.11. The molecule has 0 saturated carbocycles. The minimum atomic E-state index is -0.119. The van der Waals surface area contributed by atoms with Gasteiger partial charge in [0.05, 0.1) is 6.54 Å². The van der Waals surface area contributed by atoms with Crippen molar-refractivity contribution in [1.29, 1.82) is 0 Å². The fourth-order valence-electron chi connectivity index (χ4n) is 1.41. The number of hydrogen-bond acceptors (Lipinski definition) is 3. The molecule has 6 heteroatoms. The van der Waals surface area contributed by atoms with E-state index < -0.39 is 0 Å². The van der Waals surface area contributed by atoms with Gasteiger partial charge in [0.25, 0.3) is 5.91 Å². The van der Waals surface area contributed by atoms with E-state index >= 15 is 0 Å². The van der Waals surface area contributed by atoms with Crippen LogP contribution in [0.4, 0.5) is 0 Å². The Labute approximate surface area is 92.7 Å². The Bertz CT molecular complexity index is 485. The third-order valence-electron chi connectivity index (χ3n) is 2.49. The maximum absolute atomic E-state index is 11.8. The number of nitrogens with zero attached hydrogens (tertiary/aromatic N) is 3. The molecule has 2 N–H and O–H groups in total. The predicted molar refractivity (Wildman–Crippen MR) is 57.7 cm³/mol. The zero-order valence-electron chi connectivity index (χ0n) is 9.19. The molecule has 0 aromatic carbocycles. The summed E-state index contributed by atoms with van der Waals surface area (Å²) in [4.78, 5) is 15.7. The van der Waals surface area contributed by atoms with Gasteiger partial charge < -0.3 is 9.88 Å². The molecular weight excluding hydrogens is 206 g/mol. The number of H-pyrrole nitrogens is 1. The molecule has 0 bridgehead atoms. The standard InChI is InChI=1S/C10H13N5O/c1-7-3-4-8(15(7)2)10(16)11-5-9-12-6-13-14-9/h3-4,6H,5H2,1-2H3,(H,11,16)(H,12,13,14). The van der Waals surface area contributed by atoms with E-state index in [0.29, 0.717) is 18.1 Å². The van der Waals surface area contributed by atoms with Crippen LogP contribution in [0.15, 0.2) is 18.5 Å². The molecule has 2 aromatic heterocycles. The van der Waals surface area contributed by atoms with Crippen LogP contribution < -0.4 is 5.32 Å². The minimum absolute atomic E-state index is 0.119. The van der Waals surface area contributed by atoms with Crippen molar-refractivity contribution in [3.05, 3.63) is 35.7 Å². The summed E-state index contributed by atoms with van der Waals surface area (Å²) in [6, 6.07) is 3.70. The summed E-state index contributed by atoms with van der Waals surface area (Å²) in [5.41, 5.74) is 1.68. The van der Waals surface area contributed by atoms with Crippen molar-refractivity contribution < 1.29 is 4.79 Å². The summed E-state index contributed by atoms with van der Waals surface area (Å²) < 4.78 is 1.84. The van der Waals surface area contributed by atoms with E-state index in [1.54, 1.807) is 6.07 Å². The molecule has 0 saturated heterocycles. The number of amides is 1. The van der Waals surface area contributed by atoms with Crippen LogP contribution in [0.25, 0.3) is 0 Å². The lowest BCUT2D eigenvalue weighted by Crippen LogP contribution is -2.25. The van der Waals surface area contributed by atoms with Crippen LogP contribution in [0.2, 0.25) is 0 Å². The lowest BCUT2D eigenvalue weighted by atomic mass is 10.4. The third-order valence-corrected chi connectivity index (χ3v) is 2.49. The zero-order chi connectivity index (χ0) is 11.5. The summed E-state index contributed by atoms with van der Waals surface area (Å²) in [6.45, 7) is 2.30. The number of hydrogen-bond donors (Lipinski definition) is 2. The van der Waals surface area contributed by atoms with Crippen molar-refractivity contribution in [2.75, 3.05) is 0 Å². The van der Waals surface area contributed by atoms with Crippen molar-refractivity contribution in [1.82, 2.24) is 25.1 Å². The summed E-state index contributed by atoms with van der Waals surface area (Å²) >= 11 is 0. The topological polar surface area (TPSA) is 75.6 Å². The molecule has 2 rings (SSSR count). The molecule has 0 atom stereocenters. The van der Waals surface area contributed by atoms with E-state index in [0.717, 1.165) is 5.69 Å². The highest BCUT2D eigenvalue weighted by atomic mass is 16.1. The SMILES string of the molecule is Cc1ccc(C(=O)NCc2ncn[nH]2)n1C. The first kappa shape index (κ1) is 10.4. The Balaban J connectivity index is 2.01. The van der Waals surface area contributed by atoms with E-state index in [-0.39, 0.29) is 5.91 Å². The Morgan fingerprint density at radius 1 is 1.56 bits per heavy atom. The van der Waals surface area contributed by atoms with Gasteiger partial charge in [0.1, 0.15) is 17.8 Å². The van der Waals surface area contributed by atoms with Crippen LogP contribution in [0.1, 0.15) is 22.0 Å².